The summed E-state index contributed by atoms with van der Waals surface area (Å²) in [4.78, 5) is 21.1. The van der Waals surface area contributed by atoms with Crippen molar-refractivity contribution in [3.05, 3.63) is 65.6 Å². The van der Waals surface area contributed by atoms with Gasteiger partial charge in [-0.2, -0.15) is 23.3 Å². The highest BCUT2D eigenvalue weighted by Crippen LogP contribution is 2.41. The number of halogens is 3. The van der Waals surface area contributed by atoms with Crippen LogP contribution in [-0.4, -0.2) is 65.2 Å². The van der Waals surface area contributed by atoms with Gasteiger partial charge in [0.1, 0.15) is 28.4 Å². The van der Waals surface area contributed by atoms with Crippen LogP contribution in [0.25, 0.3) is 11.1 Å². The number of benzene rings is 2. The smallest absolute Gasteiger partial charge is 0.421 e. The second kappa shape index (κ2) is 15.8. The van der Waals surface area contributed by atoms with Gasteiger partial charge in [-0.05, 0) is 43.2 Å². The van der Waals surface area contributed by atoms with Crippen LogP contribution in [0.15, 0.2) is 48.9 Å². The number of methoxy groups -OCH3 is 2. The minimum atomic E-state index is -4.85. The molecule has 0 radical (unpaired) electrons. The average molecular weight is 678 g/mol. The Bertz CT molecular complexity index is 1730. The Kier molecular flexibility index (Phi) is 11.8. The molecule has 0 saturated heterocycles. The molecule has 1 amide bonds. The predicted molar refractivity (Wildman–Crippen MR) is 170 cm³/mol. The molecule has 47 heavy (non-hydrogen) atoms. The van der Waals surface area contributed by atoms with E-state index in [1.54, 1.807) is 48.3 Å². The number of nitrogens with one attached hydrogen (secondary N) is 3. The van der Waals surface area contributed by atoms with Crippen molar-refractivity contribution in [2.75, 3.05) is 45.1 Å². The van der Waals surface area contributed by atoms with Gasteiger partial charge in [-0.25, -0.2) is 4.98 Å². The number of carbonyl (C=O) groups excluding carboxylic acids is 1. The van der Waals surface area contributed by atoms with Crippen molar-refractivity contribution in [2.24, 2.45) is 0 Å². The summed E-state index contributed by atoms with van der Waals surface area (Å²) in [7, 11) is 1.84. The maximum absolute atomic E-state index is 14.2. The van der Waals surface area contributed by atoms with Crippen LogP contribution in [0.3, 0.4) is 0 Å². The first-order valence-corrected chi connectivity index (χ1v) is 15.9. The van der Waals surface area contributed by atoms with Crippen molar-refractivity contribution in [1.82, 2.24) is 25.1 Å². The Balaban J connectivity index is 1.73. The third kappa shape index (κ3) is 8.58. The summed E-state index contributed by atoms with van der Waals surface area (Å²) >= 11 is 0. The summed E-state index contributed by atoms with van der Waals surface area (Å²) in [5.74, 6) is -1.05. The van der Waals surface area contributed by atoms with Gasteiger partial charge >= 0.3 is 6.18 Å². The van der Waals surface area contributed by atoms with Gasteiger partial charge in [0, 0.05) is 49.9 Å². The van der Waals surface area contributed by atoms with Gasteiger partial charge in [-0.3, -0.25) is 14.0 Å². The van der Waals surface area contributed by atoms with Crippen molar-refractivity contribution in [2.45, 2.75) is 32.2 Å². The Morgan fingerprint density at radius 1 is 1.09 bits per heavy atom. The van der Waals surface area contributed by atoms with E-state index >= 15 is 0 Å². The number of amides is 1. The van der Waals surface area contributed by atoms with E-state index in [9.17, 15) is 22.5 Å². The first kappa shape index (κ1) is 35.2. The quantitative estimate of drug-likeness (QED) is 0.116. The number of hydrogen-bond acceptors (Lipinski definition) is 11. The first-order valence-electron chi connectivity index (χ1n) is 14.4. The van der Waals surface area contributed by atoms with Crippen molar-refractivity contribution in [1.29, 1.82) is 0 Å². The molecule has 252 valence electrons. The summed E-state index contributed by atoms with van der Waals surface area (Å²) < 4.78 is 72.4. The number of ether oxygens (including phenoxy) is 2. The molecule has 0 aliphatic heterocycles. The van der Waals surface area contributed by atoms with Crippen LogP contribution in [0.2, 0.25) is 0 Å². The fourth-order valence-corrected chi connectivity index (χ4v) is 5.63. The standard InChI is InChI=1S/C30H35F3N7O6P/c1-5-46-47(43)17-18-7-9-22(24(13-18)44-3)38-29-35-15-21(30(31,32)33)27(39-29)37-23-10-8-20(26(45-4)25(23)28(42)34-2)19-14-36-40(16-19)11-6-12-41/h7-10,13-16,41,47H,5-6,11-12,17H2,1-4H3,(H,34,42)(H2,35,37,38,39). The Hall–Kier alpha value is -4.66. The van der Waals surface area contributed by atoms with Gasteiger partial charge in [0.25, 0.3) is 5.91 Å². The zero-order valence-electron chi connectivity index (χ0n) is 26.1. The van der Waals surface area contributed by atoms with E-state index in [0.29, 0.717) is 53.9 Å². The van der Waals surface area contributed by atoms with E-state index < -0.39 is 31.5 Å². The van der Waals surface area contributed by atoms with Crippen LogP contribution < -0.4 is 25.4 Å². The molecule has 0 bridgehead atoms. The SMILES string of the molecule is CCO[PH](=O)Cc1ccc(Nc2ncc(C(F)(F)F)c(Nc3ccc(-c4cnn(CCCO)c4)c(OC)c3C(=O)NC)n2)c(OC)c1. The normalized spacial score (nSPS) is 12.0. The molecule has 1 unspecified atom stereocenters. The number of rotatable bonds is 15. The van der Waals surface area contributed by atoms with E-state index in [1.165, 1.54) is 27.3 Å². The van der Waals surface area contributed by atoms with Crippen molar-refractivity contribution in [3.8, 4) is 22.6 Å². The zero-order valence-corrected chi connectivity index (χ0v) is 27.1. The summed E-state index contributed by atoms with van der Waals surface area (Å²) in [5, 5.41) is 21.4. The second-order valence-electron chi connectivity index (χ2n) is 9.94. The van der Waals surface area contributed by atoms with Crippen LogP contribution in [0.5, 0.6) is 11.5 Å². The molecule has 0 saturated carbocycles. The van der Waals surface area contributed by atoms with E-state index in [-0.39, 0.29) is 35.7 Å². The molecule has 0 aliphatic rings. The van der Waals surface area contributed by atoms with Crippen LogP contribution in [-0.2, 0) is 28.0 Å². The maximum Gasteiger partial charge on any atom is 0.421 e. The lowest BCUT2D eigenvalue weighted by Crippen LogP contribution is -2.21. The fourth-order valence-electron chi connectivity index (χ4n) is 4.65. The number of alkyl halides is 3. The monoisotopic (exact) mass is 677 g/mol. The number of anilines is 4. The van der Waals surface area contributed by atoms with Gasteiger partial charge in [0.05, 0.1) is 38.4 Å². The molecule has 4 N–H and O–H groups in total. The summed E-state index contributed by atoms with van der Waals surface area (Å²) in [6.45, 7) is 2.50. The molecule has 13 nitrogen and oxygen atoms in total. The molecule has 17 heteroatoms. The molecule has 1 atom stereocenters. The lowest BCUT2D eigenvalue weighted by Gasteiger charge is -2.19. The molecule has 4 rings (SSSR count). The lowest BCUT2D eigenvalue weighted by molar-refractivity contribution is -0.137. The maximum atomic E-state index is 14.2. The Labute approximate surface area is 269 Å². The zero-order chi connectivity index (χ0) is 34.1. The van der Waals surface area contributed by atoms with E-state index in [1.807, 2.05) is 0 Å². The number of nitrogens with zero attached hydrogens (tertiary/aromatic N) is 4. The number of aliphatic hydroxyl groups excluding tert-OH is 1. The number of carbonyl (C=O) groups is 1. The summed E-state index contributed by atoms with van der Waals surface area (Å²) in [6.07, 6.45) is -0.296. The predicted octanol–water partition coefficient (Wildman–Crippen LogP) is 5.62. The van der Waals surface area contributed by atoms with Gasteiger partial charge in [0.2, 0.25) is 5.95 Å². The number of aliphatic hydroxyl groups is 1. The molecular weight excluding hydrogens is 642 g/mol. The Morgan fingerprint density at radius 3 is 2.51 bits per heavy atom. The highest BCUT2D eigenvalue weighted by Gasteiger charge is 2.36. The largest absolute Gasteiger partial charge is 0.495 e. The molecule has 2 heterocycles. The second-order valence-corrected chi connectivity index (χ2v) is 11.3. The van der Waals surface area contributed by atoms with Crippen LogP contribution in [0, 0.1) is 0 Å². The number of hydrogen-bond donors (Lipinski definition) is 4. The van der Waals surface area contributed by atoms with Crippen molar-refractivity contribution in [3.63, 3.8) is 0 Å². The van der Waals surface area contributed by atoms with Gasteiger partial charge in [-0.15, -0.1) is 0 Å². The van der Waals surface area contributed by atoms with Crippen molar-refractivity contribution >= 4 is 37.1 Å². The lowest BCUT2D eigenvalue weighted by atomic mass is 10.0. The minimum absolute atomic E-state index is 0.0146. The molecule has 0 fully saturated rings. The van der Waals surface area contributed by atoms with Gasteiger partial charge in [0.15, 0.2) is 8.03 Å². The van der Waals surface area contributed by atoms with Crippen LogP contribution >= 0.6 is 8.03 Å². The summed E-state index contributed by atoms with van der Waals surface area (Å²) in [6, 6.07) is 7.94. The van der Waals surface area contributed by atoms with Crippen LogP contribution in [0.4, 0.5) is 36.3 Å². The van der Waals surface area contributed by atoms with E-state index in [0.717, 1.165) is 0 Å². The van der Waals surface area contributed by atoms with Gasteiger partial charge in [-0.1, -0.05) is 6.07 Å². The average Bonchev–Trinajstić information content (AvgIpc) is 3.52. The molecule has 4 aromatic rings. The summed E-state index contributed by atoms with van der Waals surface area (Å²) in [5.41, 5.74) is 0.815. The topological polar surface area (TPSA) is 162 Å². The van der Waals surface area contributed by atoms with E-state index in [4.69, 9.17) is 19.1 Å². The Morgan fingerprint density at radius 2 is 1.85 bits per heavy atom. The molecule has 0 spiro atoms. The highest BCUT2D eigenvalue weighted by atomic mass is 31.1. The van der Waals surface area contributed by atoms with Crippen molar-refractivity contribution < 1.29 is 41.6 Å². The molecule has 0 aliphatic carbocycles. The fraction of sp³-hybridized carbons (Fsp3) is 0.333. The number of aryl methyl sites for hydroxylation is 1. The van der Waals surface area contributed by atoms with Crippen LogP contribution in [0.1, 0.15) is 34.8 Å². The molecule has 2 aromatic carbocycles. The third-order valence-electron chi connectivity index (χ3n) is 6.82. The van der Waals surface area contributed by atoms with E-state index in [2.05, 4.69) is 31.0 Å². The first-order chi connectivity index (χ1) is 22.5. The number of aromatic nitrogens is 4. The van der Waals surface area contributed by atoms with Gasteiger partial charge < -0.3 is 35.1 Å². The molecular formula is C30H35F3N7O6P. The molecule has 2 aromatic heterocycles. The minimum Gasteiger partial charge on any atom is -0.495 e. The highest BCUT2D eigenvalue weighted by molar-refractivity contribution is 7.38. The third-order valence-corrected chi connectivity index (χ3v) is 8.13.